The van der Waals surface area contributed by atoms with E-state index in [1.165, 1.54) is 30.2 Å². The molecular formula is C25H27ClN6O3S. The van der Waals surface area contributed by atoms with Crippen molar-refractivity contribution in [2.75, 3.05) is 29.9 Å². The van der Waals surface area contributed by atoms with Crippen LogP contribution >= 0.6 is 23.4 Å². The number of nitrogens with one attached hydrogen (secondary N) is 2. The van der Waals surface area contributed by atoms with E-state index in [-0.39, 0.29) is 28.6 Å². The summed E-state index contributed by atoms with van der Waals surface area (Å²) >= 11 is 7.92. The summed E-state index contributed by atoms with van der Waals surface area (Å²) in [5.41, 5.74) is 6.53. The first-order valence-corrected chi connectivity index (χ1v) is 12.9. The van der Waals surface area contributed by atoms with Crippen molar-refractivity contribution in [3.63, 3.8) is 0 Å². The molecule has 1 amide bonds. The van der Waals surface area contributed by atoms with Crippen LogP contribution in [0.1, 0.15) is 30.1 Å². The van der Waals surface area contributed by atoms with Crippen LogP contribution in [-0.4, -0.2) is 52.7 Å². The molecular weight excluding hydrogens is 500 g/mol. The molecule has 4 heterocycles. The van der Waals surface area contributed by atoms with Crippen LogP contribution in [0, 0.1) is 5.41 Å². The second kappa shape index (κ2) is 10.2. The lowest BCUT2D eigenvalue weighted by Crippen LogP contribution is -2.50. The highest BCUT2D eigenvalue weighted by Crippen LogP contribution is 2.42. The Morgan fingerprint density at radius 3 is 2.75 bits per heavy atom. The van der Waals surface area contributed by atoms with Crippen molar-refractivity contribution in [1.82, 2.24) is 15.0 Å². The molecule has 2 fully saturated rings. The van der Waals surface area contributed by atoms with E-state index >= 15 is 0 Å². The molecule has 36 heavy (non-hydrogen) atoms. The van der Waals surface area contributed by atoms with Crippen LogP contribution in [0.5, 0.6) is 0 Å². The van der Waals surface area contributed by atoms with Gasteiger partial charge in [0.05, 0.1) is 35.8 Å². The number of hydrogen-bond acceptors (Lipinski definition) is 8. The van der Waals surface area contributed by atoms with Crippen LogP contribution < -0.4 is 21.4 Å². The van der Waals surface area contributed by atoms with Gasteiger partial charge in [-0.15, -0.1) is 0 Å². The molecule has 0 unspecified atom stereocenters. The first-order valence-electron chi connectivity index (χ1n) is 11.8. The molecule has 0 saturated carbocycles. The maximum absolute atomic E-state index is 12.5. The Balaban J connectivity index is 1.23. The summed E-state index contributed by atoms with van der Waals surface area (Å²) < 4.78 is 5.82. The van der Waals surface area contributed by atoms with Crippen LogP contribution in [0.3, 0.4) is 0 Å². The third kappa shape index (κ3) is 4.86. The van der Waals surface area contributed by atoms with Crippen LogP contribution in [0.2, 0.25) is 5.02 Å². The van der Waals surface area contributed by atoms with Crippen molar-refractivity contribution >= 4 is 40.8 Å². The molecule has 0 aliphatic carbocycles. The molecule has 5 rings (SSSR count). The molecule has 188 valence electrons. The predicted octanol–water partition coefficient (Wildman–Crippen LogP) is 3.55. The summed E-state index contributed by atoms with van der Waals surface area (Å²) in [6, 6.07) is 6.67. The number of rotatable bonds is 5. The fraction of sp³-hybridized carbons (Fsp3) is 0.360. The zero-order valence-corrected chi connectivity index (χ0v) is 21.3. The molecule has 2 saturated heterocycles. The molecule has 0 radical (unpaired) electrons. The first kappa shape index (κ1) is 24.8. The third-order valence-electron chi connectivity index (χ3n) is 7.04. The Bertz CT molecular complexity index is 1310. The smallest absolute Gasteiger partial charge is 0.261 e. The molecule has 3 aromatic rings. The van der Waals surface area contributed by atoms with Crippen molar-refractivity contribution < 1.29 is 9.53 Å². The van der Waals surface area contributed by atoms with E-state index in [0.717, 1.165) is 38.4 Å². The summed E-state index contributed by atoms with van der Waals surface area (Å²) in [5, 5.41) is 3.75. The lowest BCUT2D eigenvalue weighted by Gasteiger charge is -2.41. The molecule has 1 spiro atoms. The fourth-order valence-electron chi connectivity index (χ4n) is 4.76. The number of pyridine rings is 1. The highest BCUT2D eigenvalue weighted by molar-refractivity contribution is 7.99. The largest absolute Gasteiger partial charge is 0.376 e. The number of H-pyrrole nitrogens is 1. The molecule has 1 aromatic carbocycles. The standard InChI is InChI=1S/C25H27ClN6O3S/c1-15-23(27)25(14-35-15)6-9-32(10-7-25)20-12-30-21(13-29-20)36-19-4-2-3-17(22(19)26)31-24(34)16-11-28-8-5-18(16)33/h2-5,8,11-13,15,23H,6-7,9-10,14,27H2,1H3,(H,28,33)(H,31,34)/t15-,23+/m0/s1. The maximum atomic E-state index is 12.5. The minimum Gasteiger partial charge on any atom is -0.376 e. The number of anilines is 2. The van der Waals surface area contributed by atoms with Gasteiger partial charge in [-0.25, -0.2) is 9.97 Å². The van der Waals surface area contributed by atoms with E-state index < -0.39 is 5.91 Å². The lowest BCUT2D eigenvalue weighted by molar-refractivity contribution is 0.0974. The van der Waals surface area contributed by atoms with Crippen LogP contribution in [0.25, 0.3) is 0 Å². The van der Waals surface area contributed by atoms with Crippen LogP contribution in [-0.2, 0) is 4.74 Å². The Kier molecular flexibility index (Phi) is 7.03. The minimum atomic E-state index is -0.534. The molecule has 2 aliphatic rings. The number of piperidine rings is 1. The topological polar surface area (TPSA) is 126 Å². The summed E-state index contributed by atoms with van der Waals surface area (Å²) in [4.78, 5) is 39.3. The molecule has 11 heteroatoms. The van der Waals surface area contributed by atoms with Crippen molar-refractivity contribution in [2.24, 2.45) is 11.1 Å². The molecule has 0 bridgehead atoms. The molecule has 2 aromatic heterocycles. The lowest BCUT2D eigenvalue weighted by atomic mass is 9.73. The first-order chi connectivity index (χ1) is 17.4. The number of halogens is 1. The van der Waals surface area contributed by atoms with Gasteiger partial charge in [0.2, 0.25) is 0 Å². The van der Waals surface area contributed by atoms with Crippen LogP contribution in [0.15, 0.2) is 63.8 Å². The van der Waals surface area contributed by atoms with E-state index in [2.05, 4.69) is 25.2 Å². The third-order valence-corrected chi connectivity index (χ3v) is 8.54. The number of hydrogen-bond donors (Lipinski definition) is 3. The number of aromatic amines is 1. The SMILES string of the molecule is C[C@@H]1OCC2(CCN(c3cnc(Sc4cccc(NC(=O)c5c[nH]ccc5=O)c4Cl)cn3)CC2)[C@@H]1N. The summed E-state index contributed by atoms with van der Waals surface area (Å²) in [5.74, 6) is 0.294. The Morgan fingerprint density at radius 1 is 1.28 bits per heavy atom. The zero-order valence-electron chi connectivity index (χ0n) is 19.7. The highest BCUT2D eigenvalue weighted by atomic mass is 35.5. The van der Waals surface area contributed by atoms with Gasteiger partial charge in [0.15, 0.2) is 5.43 Å². The average molecular weight is 527 g/mol. The maximum Gasteiger partial charge on any atom is 0.261 e. The van der Waals surface area contributed by atoms with Gasteiger partial charge < -0.3 is 25.7 Å². The predicted molar refractivity (Wildman–Crippen MR) is 140 cm³/mol. The monoisotopic (exact) mass is 526 g/mol. The fourth-order valence-corrected chi connectivity index (χ4v) is 5.83. The van der Waals surface area contributed by atoms with Gasteiger partial charge >= 0.3 is 0 Å². The molecule has 9 nitrogen and oxygen atoms in total. The van der Waals surface area contributed by atoms with Crippen molar-refractivity contribution in [3.8, 4) is 0 Å². The van der Waals surface area contributed by atoms with Gasteiger partial charge in [-0.05, 0) is 31.9 Å². The minimum absolute atomic E-state index is 0.00802. The Hall–Kier alpha value is -2.92. The normalized spacial score (nSPS) is 21.0. The van der Waals surface area contributed by atoms with Gasteiger partial charge in [-0.3, -0.25) is 9.59 Å². The van der Waals surface area contributed by atoms with Crippen LogP contribution in [0.4, 0.5) is 11.5 Å². The molecule has 4 N–H and O–H groups in total. The Labute approximate surface area is 217 Å². The number of carbonyl (C=O) groups is 1. The number of amides is 1. The van der Waals surface area contributed by atoms with Gasteiger partial charge in [-0.1, -0.05) is 29.4 Å². The van der Waals surface area contributed by atoms with Gasteiger partial charge in [0.25, 0.3) is 5.91 Å². The van der Waals surface area contributed by atoms with Crippen molar-refractivity contribution in [2.45, 2.75) is 41.8 Å². The Morgan fingerprint density at radius 2 is 2.08 bits per heavy atom. The van der Waals surface area contributed by atoms with Gasteiger partial charge in [-0.2, -0.15) is 0 Å². The number of carbonyl (C=O) groups excluding carboxylic acids is 1. The average Bonchev–Trinajstić information content (AvgIpc) is 3.16. The van der Waals surface area contributed by atoms with E-state index in [9.17, 15) is 9.59 Å². The quantitative estimate of drug-likeness (QED) is 0.460. The number of aromatic nitrogens is 3. The number of benzene rings is 1. The molecule has 2 atom stereocenters. The van der Waals surface area contributed by atoms with E-state index in [0.29, 0.717) is 20.6 Å². The number of ether oxygens (including phenoxy) is 1. The molecule has 2 aliphatic heterocycles. The van der Waals surface area contributed by atoms with Gasteiger partial charge in [0, 0.05) is 47.9 Å². The van der Waals surface area contributed by atoms with Crippen molar-refractivity contribution in [1.29, 1.82) is 0 Å². The van der Waals surface area contributed by atoms with E-state index in [1.54, 1.807) is 24.5 Å². The summed E-state index contributed by atoms with van der Waals surface area (Å²) in [6.45, 7) is 4.51. The van der Waals surface area contributed by atoms with E-state index in [1.807, 2.05) is 13.0 Å². The van der Waals surface area contributed by atoms with E-state index in [4.69, 9.17) is 22.1 Å². The zero-order chi connectivity index (χ0) is 25.3. The second-order valence-corrected chi connectivity index (χ2v) is 10.6. The number of nitrogens with zero attached hydrogens (tertiary/aromatic N) is 3. The second-order valence-electron chi connectivity index (χ2n) is 9.20. The highest BCUT2D eigenvalue weighted by Gasteiger charge is 2.47. The van der Waals surface area contributed by atoms with Gasteiger partial charge in [0.1, 0.15) is 16.4 Å². The van der Waals surface area contributed by atoms with Crippen molar-refractivity contribution in [3.05, 3.63) is 69.9 Å². The number of nitrogens with two attached hydrogens (primary N) is 1. The summed E-state index contributed by atoms with van der Waals surface area (Å²) in [7, 11) is 0. The summed E-state index contributed by atoms with van der Waals surface area (Å²) in [6.07, 6.45) is 8.38.